The van der Waals surface area contributed by atoms with Gasteiger partial charge < -0.3 is 19.0 Å². The number of fused-ring (bicyclic) bond motifs is 6. The van der Waals surface area contributed by atoms with Crippen molar-refractivity contribution >= 4 is 27.8 Å². The van der Waals surface area contributed by atoms with Gasteiger partial charge in [-0.15, -0.1) is 0 Å². The first-order chi connectivity index (χ1) is 19.9. The van der Waals surface area contributed by atoms with Crippen LogP contribution in [0.1, 0.15) is 29.8 Å². The maximum absolute atomic E-state index is 14.5. The van der Waals surface area contributed by atoms with Crippen molar-refractivity contribution in [3.63, 3.8) is 0 Å². The standard InChI is InChI=1S/C31H21F2N3O3.C2H6/c1-16-12-27-21(28(31(37)34-2)30(39-27)17-6-8-18(32)9-7-17)13-19(16)23-10-11-26-29(35-23)25-14-20-22(33)4-3-5-24(20)36(25)15-38-26;1-2/h3-14H,15H2,1-2H3,(H,34,37);1-2H3. The van der Waals surface area contributed by atoms with Gasteiger partial charge in [0.05, 0.1) is 22.5 Å². The minimum atomic E-state index is -0.376. The number of halogens is 2. The molecule has 0 unspecified atom stereocenters. The van der Waals surface area contributed by atoms with Crippen molar-refractivity contribution in [1.29, 1.82) is 0 Å². The molecule has 0 radical (unpaired) electrons. The molecule has 3 aromatic heterocycles. The summed E-state index contributed by atoms with van der Waals surface area (Å²) in [6, 6.07) is 20.1. The number of furan rings is 1. The molecule has 7 rings (SSSR count). The molecule has 1 aliphatic heterocycles. The summed E-state index contributed by atoms with van der Waals surface area (Å²) >= 11 is 0. The molecule has 0 bridgehead atoms. The Balaban J connectivity index is 0.00000148. The van der Waals surface area contributed by atoms with Crippen LogP contribution in [0, 0.1) is 18.6 Å². The van der Waals surface area contributed by atoms with Crippen molar-refractivity contribution in [3.05, 3.63) is 95.6 Å². The van der Waals surface area contributed by atoms with E-state index in [-0.39, 0.29) is 24.3 Å². The van der Waals surface area contributed by atoms with E-state index in [0.717, 1.165) is 22.3 Å². The second kappa shape index (κ2) is 10.2. The van der Waals surface area contributed by atoms with E-state index in [1.54, 1.807) is 31.3 Å². The Hall–Kier alpha value is -4.98. The number of carbonyl (C=O) groups excluding carboxylic acids is 1. The van der Waals surface area contributed by atoms with Gasteiger partial charge in [0.2, 0.25) is 0 Å². The predicted molar refractivity (Wildman–Crippen MR) is 156 cm³/mol. The largest absolute Gasteiger partial charge is 0.470 e. The second-order valence-electron chi connectivity index (χ2n) is 9.50. The molecule has 6 nitrogen and oxygen atoms in total. The summed E-state index contributed by atoms with van der Waals surface area (Å²) in [5.41, 5.74) is 5.97. The number of ether oxygens (including phenoxy) is 1. The lowest BCUT2D eigenvalue weighted by molar-refractivity contribution is 0.0964. The average molecular weight is 552 g/mol. The Morgan fingerprint density at radius 1 is 0.976 bits per heavy atom. The smallest absolute Gasteiger partial charge is 0.255 e. The van der Waals surface area contributed by atoms with Gasteiger partial charge in [-0.3, -0.25) is 4.79 Å². The van der Waals surface area contributed by atoms with E-state index in [1.807, 2.05) is 55.7 Å². The molecule has 0 saturated carbocycles. The van der Waals surface area contributed by atoms with Crippen molar-refractivity contribution in [3.8, 4) is 39.7 Å². The van der Waals surface area contributed by atoms with E-state index in [9.17, 15) is 13.6 Å². The molecule has 206 valence electrons. The Kier molecular flexibility index (Phi) is 6.53. The summed E-state index contributed by atoms with van der Waals surface area (Å²) in [6.45, 7) is 6.20. The van der Waals surface area contributed by atoms with Crippen molar-refractivity contribution in [2.75, 3.05) is 7.05 Å². The number of nitrogens with zero attached hydrogens (tertiary/aromatic N) is 2. The van der Waals surface area contributed by atoms with Crippen LogP contribution in [0.25, 0.3) is 55.8 Å². The van der Waals surface area contributed by atoms with Gasteiger partial charge in [0.1, 0.15) is 34.4 Å². The Labute approximate surface area is 235 Å². The molecule has 6 aromatic rings. The van der Waals surface area contributed by atoms with Crippen molar-refractivity contribution in [2.45, 2.75) is 27.5 Å². The summed E-state index contributed by atoms with van der Waals surface area (Å²) in [6.07, 6.45) is 0. The molecule has 4 heterocycles. The first-order valence-electron chi connectivity index (χ1n) is 13.4. The molecule has 0 atom stereocenters. The monoisotopic (exact) mass is 551 g/mol. The van der Waals surface area contributed by atoms with E-state index >= 15 is 0 Å². The third-order valence-corrected chi connectivity index (χ3v) is 7.21. The number of amides is 1. The summed E-state index contributed by atoms with van der Waals surface area (Å²) in [5.74, 6) is -0.0209. The Bertz CT molecular complexity index is 1960. The molecule has 1 amide bonds. The van der Waals surface area contributed by atoms with E-state index in [1.165, 1.54) is 18.2 Å². The molecule has 0 fully saturated rings. The van der Waals surface area contributed by atoms with Crippen LogP contribution in [-0.2, 0) is 6.73 Å². The Morgan fingerprint density at radius 2 is 1.76 bits per heavy atom. The maximum atomic E-state index is 14.5. The van der Waals surface area contributed by atoms with Gasteiger partial charge in [0.15, 0.2) is 6.73 Å². The lowest BCUT2D eigenvalue weighted by Gasteiger charge is -2.21. The zero-order chi connectivity index (χ0) is 28.8. The zero-order valence-electron chi connectivity index (χ0n) is 23.0. The van der Waals surface area contributed by atoms with Crippen LogP contribution in [0.15, 0.2) is 77.2 Å². The van der Waals surface area contributed by atoms with E-state index in [2.05, 4.69) is 5.32 Å². The normalized spacial score (nSPS) is 11.9. The third-order valence-electron chi connectivity index (χ3n) is 7.21. The van der Waals surface area contributed by atoms with Gasteiger partial charge in [-0.2, -0.15) is 0 Å². The van der Waals surface area contributed by atoms with Crippen LogP contribution in [0.4, 0.5) is 8.78 Å². The molecule has 3 aromatic carbocycles. The molecule has 0 aliphatic carbocycles. The van der Waals surface area contributed by atoms with Gasteiger partial charge in [-0.05, 0) is 79.2 Å². The van der Waals surface area contributed by atoms with E-state index in [4.69, 9.17) is 14.1 Å². The molecule has 1 aliphatic rings. The van der Waals surface area contributed by atoms with Crippen LogP contribution < -0.4 is 10.1 Å². The highest BCUT2D eigenvalue weighted by Crippen LogP contribution is 2.41. The van der Waals surface area contributed by atoms with Gasteiger partial charge in [-0.1, -0.05) is 19.9 Å². The number of aromatic nitrogens is 2. The first-order valence-corrected chi connectivity index (χ1v) is 13.4. The summed E-state index contributed by atoms with van der Waals surface area (Å²) in [7, 11) is 1.55. The van der Waals surface area contributed by atoms with E-state index in [0.29, 0.717) is 50.4 Å². The number of aryl methyl sites for hydroxylation is 1. The number of rotatable bonds is 3. The molecule has 1 N–H and O–H groups in total. The van der Waals surface area contributed by atoms with Gasteiger partial charge in [-0.25, -0.2) is 13.8 Å². The average Bonchev–Trinajstić information content (AvgIpc) is 3.57. The SMILES string of the molecule is CC.CNC(=O)c1c(-c2ccc(F)cc2)oc2cc(C)c(-c3ccc4c(n3)-c3cc5c(F)cccc5n3CO4)cc12. The summed E-state index contributed by atoms with van der Waals surface area (Å²) in [4.78, 5) is 18.0. The Morgan fingerprint density at radius 3 is 2.51 bits per heavy atom. The van der Waals surface area contributed by atoms with Crippen molar-refractivity contribution < 1.29 is 22.7 Å². The lowest BCUT2D eigenvalue weighted by Crippen LogP contribution is -2.18. The van der Waals surface area contributed by atoms with Crippen LogP contribution in [-0.4, -0.2) is 22.5 Å². The lowest BCUT2D eigenvalue weighted by atomic mass is 9.98. The first kappa shape index (κ1) is 26.3. The number of hydrogen-bond donors (Lipinski definition) is 1. The number of carbonyl (C=O) groups is 1. The fourth-order valence-electron chi connectivity index (χ4n) is 5.29. The van der Waals surface area contributed by atoms with Crippen molar-refractivity contribution in [1.82, 2.24) is 14.9 Å². The van der Waals surface area contributed by atoms with Crippen LogP contribution >= 0.6 is 0 Å². The molecule has 0 saturated heterocycles. The van der Waals surface area contributed by atoms with Crippen LogP contribution in [0.2, 0.25) is 0 Å². The zero-order valence-corrected chi connectivity index (χ0v) is 23.0. The fraction of sp³-hybridized carbons (Fsp3) is 0.152. The maximum Gasteiger partial charge on any atom is 0.255 e. The third kappa shape index (κ3) is 4.23. The highest BCUT2D eigenvalue weighted by atomic mass is 19.1. The molecule has 0 spiro atoms. The van der Waals surface area contributed by atoms with Gasteiger partial charge >= 0.3 is 0 Å². The highest BCUT2D eigenvalue weighted by Gasteiger charge is 2.25. The quantitative estimate of drug-likeness (QED) is 0.241. The minimum Gasteiger partial charge on any atom is -0.470 e. The van der Waals surface area contributed by atoms with Crippen molar-refractivity contribution in [2.24, 2.45) is 0 Å². The summed E-state index contributed by atoms with van der Waals surface area (Å²) < 4.78 is 42.1. The molecule has 8 heteroatoms. The number of nitrogens with one attached hydrogen (secondary N) is 1. The van der Waals surface area contributed by atoms with E-state index < -0.39 is 0 Å². The molecule has 41 heavy (non-hydrogen) atoms. The number of pyridine rings is 1. The topological polar surface area (TPSA) is 69.3 Å². The van der Waals surface area contributed by atoms with Crippen LogP contribution in [0.3, 0.4) is 0 Å². The highest BCUT2D eigenvalue weighted by molar-refractivity contribution is 6.12. The van der Waals surface area contributed by atoms with Gasteiger partial charge in [0.25, 0.3) is 5.91 Å². The molecular formula is C33H27F2N3O3. The minimum absolute atomic E-state index is 0.262. The molecular weight excluding hydrogens is 524 g/mol. The fourth-order valence-corrected chi connectivity index (χ4v) is 5.29. The predicted octanol–water partition coefficient (Wildman–Crippen LogP) is 8.11. The second-order valence-corrected chi connectivity index (χ2v) is 9.50. The summed E-state index contributed by atoms with van der Waals surface area (Å²) in [5, 5.41) is 3.81. The van der Waals surface area contributed by atoms with Crippen LogP contribution in [0.5, 0.6) is 5.75 Å². The number of hydrogen-bond acceptors (Lipinski definition) is 4. The number of benzene rings is 3. The van der Waals surface area contributed by atoms with Gasteiger partial charge in [0, 0.05) is 28.9 Å².